The number of nitrogens with zero attached hydrogens (tertiary/aromatic N) is 1. The van der Waals surface area contributed by atoms with Gasteiger partial charge >= 0.3 is 0 Å². The minimum absolute atomic E-state index is 0.203. The number of hydrogen-bond acceptors (Lipinski definition) is 1. The van der Waals surface area contributed by atoms with Gasteiger partial charge in [0.1, 0.15) is 0 Å². The second-order valence-corrected chi connectivity index (χ2v) is 6.36. The molecule has 0 N–H and O–H groups in total. The van der Waals surface area contributed by atoms with Crippen LogP contribution in [0.25, 0.3) is 0 Å². The molecule has 1 saturated heterocycles. The Morgan fingerprint density at radius 2 is 1.67 bits per heavy atom. The van der Waals surface area contributed by atoms with E-state index >= 15 is 0 Å². The SMILES string of the molecule is O=C(N1CCCC1)C1(c2ccc(Br)cc2)CCC1. The molecule has 0 atom stereocenters. The van der Waals surface area contributed by atoms with Crippen LogP contribution in [0, 0.1) is 0 Å². The zero-order valence-corrected chi connectivity index (χ0v) is 12.1. The fourth-order valence-corrected chi connectivity index (χ4v) is 3.41. The molecular formula is C15H18BrNO. The zero-order valence-electron chi connectivity index (χ0n) is 10.5. The van der Waals surface area contributed by atoms with E-state index in [0.29, 0.717) is 5.91 Å². The number of amides is 1. The molecule has 96 valence electrons. The Balaban J connectivity index is 1.89. The van der Waals surface area contributed by atoms with Gasteiger partial charge < -0.3 is 4.90 Å². The van der Waals surface area contributed by atoms with Crippen molar-refractivity contribution in [2.75, 3.05) is 13.1 Å². The highest BCUT2D eigenvalue weighted by Crippen LogP contribution is 2.45. The van der Waals surface area contributed by atoms with Crippen LogP contribution in [0.4, 0.5) is 0 Å². The molecule has 18 heavy (non-hydrogen) atoms. The van der Waals surface area contributed by atoms with Crippen LogP contribution in [0.15, 0.2) is 28.7 Å². The predicted octanol–water partition coefficient (Wildman–Crippen LogP) is 3.49. The molecule has 1 heterocycles. The van der Waals surface area contributed by atoms with Crippen LogP contribution in [0.1, 0.15) is 37.7 Å². The number of rotatable bonds is 2. The van der Waals surface area contributed by atoms with E-state index in [-0.39, 0.29) is 5.41 Å². The first-order chi connectivity index (χ1) is 8.72. The monoisotopic (exact) mass is 307 g/mol. The van der Waals surface area contributed by atoms with E-state index in [1.165, 1.54) is 24.8 Å². The van der Waals surface area contributed by atoms with Gasteiger partial charge in [0.25, 0.3) is 0 Å². The Labute approximate surface area is 116 Å². The normalized spacial score (nSPS) is 21.7. The topological polar surface area (TPSA) is 20.3 Å². The van der Waals surface area contributed by atoms with Gasteiger partial charge in [0.2, 0.25) is 5.91 Å². The number of carbonyl (C=O) groups excluding carboxylic acids is 1. The summed E-state index contributed by atoms with van der Waals surface area (Å²) >= 11 is 3.46. The first-order valence-electron chi connectivity index (χ1n) is 6.78. The largest absolute Gasteiger partial charge is 0.342 e. The molecule has 0 aromatic heterocycles. The molecule has 2 nitrogen and oxygen atoms in total. The Bertz CT molecular complexity index is 444. The Morgan fingerprint density at radius 3 is 2.17 bits per heavy atom. The van der Waals surface area contributed by atoms with Gasteiger partial charge in [-0.25, -0.2) is 0 Å². The molecule has 0 bridgehead atoms. The van der Waals surface area contributed by atoms with Crippen LogP contribution in [0.5, 0.6) is 0 Å². The predicted molar refractivity (Wildman–Crippen MR) is 75.5 cm³/mol. The molecule has 3 heteroatoms. The molecule has 1 aromatic carbocycles. The van der Waals surface area contributed by atoms with Crippen LogP contribution in [-0.2, 0) is 10.2 Å². The molecule has 2 fully saturated rings. The Kier molecular flexibility index (Phi) is 3.18. The van der Waals surface area contributed by atoms with Gasteiger partial charge in [-0.05, 0) is 43.4 Å². The standard InChI is InChI=1S/C15H18BrNO/c16-13-6-4-12(5-7-13)15(8-3-9-15)14(18)17-10-1-2-11-17/h4-7H,1-3,8-11H2. The first kappa shape index (κ1) is 12.2. The fourth-order valence-electron chi connectivity index (χ4n) is 3.15. The highest BCUT2D eigenvalue weighted by Gasteiger charge is 2.47. The third-order valence-corrected chi connectivity index (χ3v) is 4.94. The lowest BCUT2D eigenvalue weighted by atomic mass is 9.63. The van der Waals surface area contributed by atoms with Crippen LogP contribution < -0.4 is 0 Å². The van der Waals surface area contributed by atoms with Crippen molar-refractivity contribution in [3.8, 4) is 0 Å². The summed E-state index contributed by atoms with van der Waals surface area (Å²) in [5.74, 6) is 0.369. The van der Waals surface area contributed by atoms with Crippen LogP contribution in [0.3, 0.4) is 0 Å². The number of likely N-dealkylation sites (tertiary alicyclic amines) is 1. The molecule has 2 aliphatic rings. The van der Waals surface area contributed by atoms with E-state index in [4.69, 9.17) is 0 Å². The minimum Gasteiger partial charge on any atom is -0.342 e. The van der Waals surface area contributed by atoms with Gasteiger partial charge in [0.05, 0.1) is 5.41 Å². The highest BCUT2D eigenvalue weighted by atomic mass is 79.9. The number of carbonyl (C=O) groups is 1. The molecule has 0 radical (unpaired) electrons. The molecule has 1 aliphatic heterocycles. The average Bonchev–Trinajstić information content (AvgIpc) is 2.83. The number of benzene rings is 1. The van der Waals surface area contributed by atoms with Crippen LogP contribution >= 0.6 is 15.9 Å². The van der Waals surface area contributed by atoms with Gasteiger partial charge in [-0.2, -0.15) is 0 Å². The van der Waals surface area contributed by atoms with Gasteiger partial charge in [-0.15, -0.1) is 0 Å². The minimum atomic E-state index is -0.203. The fraction of sp³-hybridized carbons (Fsp3) is 0.533. The van der Waals surface area contributed by atoms with Crippen molar-refractivity contribution < 1.29 is 4.79 Å². The van der Waals surface area contributed by atoms with Crippen LogP contribution in [-0.4, -0.2) is 23.9 Å². The Hall–Kier alpha value is -0.830. The third-order valence-electron chi connectivity index (χ3n) is 4.41. The van der Waals surface area contributed by atoms with Crippen molar-refractivity contribution in [3.05, 3.63) is 34.3 Å². The van der Waals surface area contributed by atoms with Gasteiger partial charge in [-0.3, -0.25) is 4.79 Å². The van der Waals surface area contributed by atoms with Gasteiger partial charge in [0.15, 0.2) is 0 Å². The lowest BCUT2D eigenvalue weighted by molar-refractivity contribution is -0.139. The molecule has 1 saturated carbocycles. The lowest BCUT2D eigenvalue weighted by Crippen LogP contribution is -2.50. The van der Waals surface area contributed by atoms with E-state index in [2.05, 4.69) is 33.0 Å². The summed E-state index contributed by atoms with van der Waals surface area (Å²) in [4.78, 5) is 14.8. The van der Waals surface area contributed by atoms with E-state index < -0.39 is 0 Å². The zero-order chi connectivity index (χ0) is 12.6. The summed E-state index contributed by atoms with van der Waals surface area (Å²) < 4.78 is 1.08. The number of hydrogen-bond donors (Lipinski definition) is 0. The molecule has 1 aromatic rings. The van der Waals surface area contributed by atoms with Gasteiger partial charge in [-0.1, -0.05) is 34.5 Å². The van der Waals surface area contributed by atoms with Crippen LogP contribution in [0.2, 0.25) is 0 Å². The quantitative estimate of drug-likeness (QED) is 0.819. The first-order valence-corrected chi connectivity index (χ1v) is 7.57. The molecular weight excluding hydrogens is 290 g/mol. The van der Waals surface area contributed by atoms with E-state index in [0.717, 1.165) is 30.4 Å². The van der Waals surface area contributed by atoms with Crippen molar-refractivity contribution in [3.63, 3.8) is 0 Å². The molecule has 0 spiro atoms. The van der Waals surface area contributed by atoms with Crippen molar-refractivity contribution in [2.24, 2.45) is 0 Å². The molecule has 1 amide bonds. The molecule has 1 aliphatic carbocycles. The second-order valence-electron chi connectivity index (χ2n) is 5.44. The lowest BCUT2D eigenvalue weighted by Gasteiger charge is -2.43. The van der Waals surface area contributed by atoms with E-state index in [9.17, 15) is 4.79 Å². The van der Waals surface area contributed by atoms with Crippen molar-refractivity contribution in [2.45, 2.75) is 37.5 Å². The van der Waals surface area contributed by atoms with Crippen molar-refractivity contribution in [1.29, 1.82) is 0 Å². The average molecular weight is 308 g/mol. The molecule has 0 unspecified atom stereocenters. The summed E-state index contributed by atoms with van der Waals surface area (Å²) in [5, 5.41) is 0. The smallest absolute Gasteiger partial charge is 0.233 e. The summed E-state index contributed by atoms with van der Waals surface area (Å²) in [6, 6.07) is 8.31. The molecule has 3 rings (SSSR count). The third kappa shape index (κ3) is 1.89. The maximum Gasteiger partial charge on any atom is 0.233 e. The van der Waals surface area contributed by atoms with E-state index in [1.54, 1.807) is 0 Å². The maximum absolute atomic E-state index is 12.7. The van der Waals surface area contributed by atoms with E-state index in [1.807, 2.05) is 12.1 Å². The highest BCUT2D eigenvalue weighted by molar-refractivity contribution is 9.10. The Morgan fingerprint density at radius 1 is 1.06 bits per heavy atom. The van der Waals surface area contributed by atoms with Crippen molar-refractivity contribution in [1.82, 2.24) is 4.90 Å². The van der Waals surface area contributed by atoms with Crippen molar-refractivity contribution >= 4 is 21.8 Å². The summed E-state index contributed by atoms with van der Waals surface area (Å²) in [7, 11) is 0. The maximum atomic E-state index is 12.7. The summed E-state index contributed by atoms with van der Waals surface area (Å²) in [6.07, 6.45) is 5.55. The number of halogens is 1. The van der Waals surface area contributed by atoms with Gasteiger partial charge in [0, 0.05) is 17.6 Å². The second kappa shape index (κ2) is 4.69. The summed E-state index contributed by atoms with van der Waals surface area (Å²) in [5.41, 5.74) is 0.999. The summed E-state index contributed by atoms with van der Waals surface area (Å²) in [6.45, 7) is 1.91.